The van der Waals surface area contributed by atoms with Crippen molar-refractivity contribution in [3.8, 4) is 0 Å². The molecular weight excluding hydrogens is 774 g/mol. The summed E-state index contributed by atoms with van der Waals surface area (Å²) in [5, 5.41) is 11.2. The molecular formula is C33H62BrFN4O14. The largest absolute Gasteiger partial charge is 0.377 e. The highest BCUT2D eigenvalue weighted by atomic mass is 79.9. The summed E-state index contributed by atoms with van der Waals surface area (Å²) in [6.07, 6.45) is 1.83. The van der Waals surface area contributed by atoms with Crippen LogP contribution in [0.1, 0.15) is 5.69 Å². The second-order valence-electron chi connectivity index (χ2n) is 10.5. The summed E-state index contributed by atoms with van der Waals surface area (Å²) in [4.78, 5) is 11.0. The highest BCUT2D eigenvalue weighted by molar-refractivity contribution is 9.09. The first-order valence-electron chi connectivity index (χ1n) is 18.0. The number of ether oxygens (including phenoxy) is 13. The molecule has 53 heavy (non-hydrogen) atoms. The van der Waals surface area contributed by atoms with E-state index in [1.807, 2.05) is 6.20 Å². The van der Waals surface area contributed by atoms with E-state index in [0.29, 0.717) is 178 Å². The lowest BCUT2D eigenvalue weighted by atomic mass is 10.5. The fourth-order valence-corrected chi connectivity index (χ4v) is 3.93. The fraction of sp³-hybridized carbons (Fsp3) is 0.909. The lowest BCUT2D eigenvalue weighted by molar-refractivity contribution is -0.118. The molecule has 1 rings (SSSR count). The van der Waals surface area contributed by atoms with Gasteiger partial charge in [0.05, 0.1) is 190 Å². The zero-order valence-electron chi connectivity index (χ0n) is 31.1. The Morgan fingerprint density at radius 3 is 1.25 bits per heavy atom. The van der Waals surface area contributed by atoms with Gasteiger partial charge < -0.3 is 66.9 Å². The number of hydrogen-bond acceptors (Lipinski definition) is 16. The van der Waals surface area contributed by atoms with E-state index in [-0.39, 0.29) is 17.8 Å². The van der Waals surface area contributed by atoms with E-state index in [9.17, 15) is 9.18 Å². The number of halogens is 2. The lowest BCUT2D eigenvalue weighted by Crippen LogP contribution is -2.28. The maximum absolute atomic E-state index is 11.9. The number of amides is 1. The molecule has 0 aliphatic heterocycles. The van der Waals surface area contributed by atoms with Crippen molar-refractivity contribution < 1.29 is 70.8 Å². The van der Waals surface area contributed by atoms with Crippen molar-refractivity contribution in [1.29, 1.82) is 0 Å². The second kappa shape index (κ2) is 41.7. The molecule has 0 unspecified atom stereocenters. The predicted octanol–water partition coefficient (Wildman–Crippen LogP) is 0.475. The number of alkyl halides is 2. The lowest BCUT2D eigenvalue weighted by Gasteiger charge is -2.08. The van der Waals surface area contributed by atoms with E-state index >= 15 is 0 Å². The van der Waals surface area contributed by atoms with E-state index in [0.717, 1.165) is 5.69 Å². The van der Waals surface area contributed by atoms with Gasteiger partial charge in [-0.2, -0.15) is 0 Å². The average molecular weight is 837 g/mol. The van der Waals surface area contributed by atoms with Gasteiger partial charge in [-0.3, -0.25) is 4.79 Å². The van der Waals surface area contributed by atoms with Crippen LogP contribution in [0, 0.1) is 0 Å². The zero-order chi connectivity index (χ0) is 38.0. The number of carbonyl (C=O) groups excluding carboxylic acids is 1. The van der Waals surface area contributed by atoms with Crippen LogP contribution in [-0.4, -0.2) is 205 Å². The molecule has 0 aliphatic rings. The van der Waals surface area contributed by atoms with Gasteiger partial charge in [-0.05, 0) is 0 Å². The first kappa shape index (κ1) is 49.5. The number of carbonyl (C=O) groups is 1. The van der Waals surface area contributed by atoms with Crippen molar-refractivity contribution in [3.05, 3.63) is 11.9 Å². The van der Waals surface area contributed by atoms with E-state index < -0.39 is 6.67 Å². The van der Waals surface area contributed by atoms with Crippen LogP contribution in [0.3, 0.4) is 0 Å². The first-order chi connectivity index (χ1) is 26.3. The number of hydrogen-bond donors (Lipinski definition) is 1. The van der Waals surface area contributed by atoms with E-state index in [1.165, 1.54) is 0 Å². The van der Waals surface area contributed by atoms with Crippen LogP contribution in [0.2, 0.25) is 0 Å². The Bertz CT molecular complexity index is 903. The Hall–Kier alpha value is -1.50. The molecule has 0 atom stereocenters. The quantitative estimate of drug-likeness (QED) is 0.0708. The summed E-state index contributed by atoms with van der Waals surface area (Å²) in [6.45, 7) is 12.2. The summed E-state index contributed by atoms with van der Waals surface area (Å²) in [7, 11) is 0. The first-order valence-corrected chi connectivity index (χ1v) is 19.2. The van der Waals surface area contributed by atoms with Crippen LogP contribution < -0.4 is 5.32 Å². The minimum absolute atomic E-state index is 0.0628. The Labute approximate surface area is 321 Å². The third-order valence-corrected chi connectivity index (χ3v) is 6.81. The smallest absolute Gasteiger partial charge is 0.230 e. The molecule has 0 saturated heterocycles. The van der Waals surface area contributed by atoms with Crippen LogP contribution in [0.4, 0.5) is 4.39 Å². The second-order valence-corrected chi connectivity index (χ2v) is 11.1. The molecule has 1 amide bonds. The standard InChI is InChI=1S/C33H62BrFN4O14/c34-29-33(40)36-2-5-42-8-11-45-14-17-48-23-24-51-25-26-52-27-28-53-31-32-30-39(38-37-32)3-6-43-9-12-46-15-18-49-20-22-50-21-19-47-16-13-44-10-7-41-4-1-35/h30H,1-29,31H2,(H,36,40)/i35-1. The van der Waals surface area contributed by atoms with Crippen molar-refractivity contribution in [2.24, 2.45) is 0 Å². The average Bonchev–Trinajstić information content (AvgIpc) is 3.63. The van der Waals surface area contributed by atoms with Gasteiger partial charge in [0.15, 0.2) is 0 Å². The number of rotatable bonds is 44. The van der Waals surface area contributed by atoms with Crippen LogP contribution in [-0.2, 0) is 79.5 Å². The van der Waals surface area contributed by atoms with Gasteiger partial charge in [0, 0.05) is 6.54 Å². The van der Waals surface area contributed by atoms with Crippen LogP contribution in [0.5, 0.6) is 0 Å². The molecule has 1 N–H and O–H groups in total. The predicted molar refractivity (Wildman–Crippen MR) is 192 cm³/mol. The van der Waals surface area contributed by atoms with Crippen molar-refractivity contribution in [2.75, 3.05) is 184 Å². The maximum atomic E-state index is 11.9. The molecule has 0 aliphatic carbocycles. The summed E-state index contributed by atoms with van der Waals surface area (Å²) in [6, 6.07) is 0. The summed E-state index contributed by atoms with van der Waals surface area (Å²) in [5.41, 5.74) is 0.734. The van der Waals surface area contributed by atoms with Crippen LogP contribution in [0.25, 0.3) is 0 Å². The molecule has 18 nitrogen and oxygen atoms in total. The molecule has 0 bridgehead atoms. The minimum atomic E-state index is -0.481. The monoisotopic (exact) mass is 835 g/mol. The third kappa shape index (κ3) is 37.2. The third-order valence-electron chi connectivity index (χ3n) is 6.30. The van der Waals surface area contributed by atoms with Crippen molar-refractivity contribution in [3.63, 3.8) is 0 Å². The molecule has 20 heteroatoms. The van der Waals surface area contributed by atoms with Gasteiger partial charge in [0.25, 0.3) is 0 Å². The summed E-state index contributed by atoms with van der Waals surface area (Å²) in [5.74, 6) is -0.0628. The SMILES string of the molecule is O=C(CBr)NCCOCCOCCOCCOCCOCCOCc1cn(CCOCCOCCOCCOCCOCCOCCOCC[18F])nn1. The van der Waals surface area contributed by atoms with Gasteiger partial charge in [0.1, 0.15) is 12.4 Å². The highest BCUT2D eigenvalue weighted by Gasteiger charge is 2.02. The maximum Gasteiger partial charge on any atom is 0.230 e. The molecule has 1 aromatic heterocycles. The van der Waals surface area contributed by atoms with Crippen LogP contribution >= 0.6 is 15.9 Å². The van der Waals surface area contributed by atoms with Crippen molar-refractivity contribution >= 4 is 21.8 Å². The zero-order valence-corrected chi connectivity index (χ0v) is 32.7. The Morgan fingerprint density at radius 1 is 0.528 bits per heavy atom. The van der Waals surface area contributed by atoms with Crippen LogP contribution in [0.15, 0.2) is 6.20 Å². The van der Waals surface area contributed by atoms with E-state index in [2.05, 4.69) is 31.6 Å². The van der Waals surface area contributed by atoms with Gasteiger partial charge in [-0.1, -0.05) is 21.1 Å². The summed E-state index contributed by atoms with van der Waals surface area (Å²) >= 11 is 3.08. The molecule has 0 saturated carbocycles. The molecule has 312 valence electrons. The van der Waals surface area contributed by atoms with Gasteiger partial charge in [-0.15, -0.1) is 5.10 Å². The Morgan fingerprint density at radius 2 is 0.868 bits per heavy atom. The van der Waals surface area contributed by atoms with E-state index in [4.69, 9.17) is 61.6 Å². The Balaban J connectivity index is 1.74. The molecule has 1 aromatic rings. The number of aromatic nitrogens is 3. The molecule has 0 aromatic carbocycles. The Kier molecular flexibility index (Phi) is 38.9. The molecule has 1 heterocycles. The van der Waals surface area contributed by atoms with Gasteiger partial charge >= 0.3 is 0 Å². The minimum Gasteiger partial charge on any atom is -0.377 e. The molecule has 0 spiro atoms. The molecule has 0 radical (unpaired) electrons. The number of nitrogens with zero attached hydrogens (tertiary/aromatic N) is 3. The van der Waals surface area contributed by atoms with Gasteiger partial charge in [-0.25, -0.2) is 9.07 Å². The highest BCUT2D eigenvalue weighted by Crippen LogP contribution is 1.97. The normalized spacial score (nSPS) is 11.5. The topological polar surface area (TPSA) is 180 Å². The number of nitrogens with one attached hydrogen (secondary N) is 1. The summed E-state index contributed by atoms with van der Waals surface area (Å²) < 4.78 is 84.0. The molecule has 0 fully saturated rings. The van der Waals surface area contributed by atoms with E-state index in [1.54, 1.807) is 4.68 Å². The fourth-order valence-electron chi connectivity index (χ4n) is 3.73. The van der Waals surface area contributed by atoms with Gasteiger partial charge in [0.2, 0.25) is 5.91 Å². The van der Waals surface area contributed by atoms with Crippen molar-refractivity contribution in [2.45, 2.75) is 13.2 Å². The van der Waals surface area contributed by atoms with Crippen molar-refractivity contribution in [1.82, 2.24) is 20.3 Å².